The third-order valence-corrected chi connectivity index (χ3v) is 6.03. The first-order valence-electron chi connectivity index (χ1n) is 8.25. The van der Waals surface area contributed by atoms with Crippen LogP contribution in [-0.2, 0) is 19.2 Å². The Morgan fingerprint density at radius 3 is 2.64 bits per heavy atom. The lowest BCUT2D eigenvalue weighted by molar-refractivity contribution is -0.148. The summed E-state index contributed by atoms with van der Waals surface area (Å²) >= 11 is 7.38. The number of benzene rings is 1. The second-order valence-electron chi connectivity index (χ2n) is 6.11. The van der Waals surface area contributed by atoms with E-state index in [1.807, 2.05) is 0 Å². The highest BCUT2D eigenvalue weighted by atomic mass is 35.5. The molecule has 9 nitrogen and oxygen atoms in total. The Balaban J connectivity index is 1.69. The van der Waals surface area contributed by atoms with Crippen LogP contribution in [0.4, 0.5) is 0 Å². The van der Waals surface area contributed by atoms with Gasteiger partial charge in [0.05, 0.1) is 5.03 Å². The van der Waals surface area contributed by atoms with Crippen molar-refractivity contribution in [3.05, 3.63) is 46.6 Å². The molecule has 1 aromatic carbocycles. The van der Waals surface area contributed by atoms with Crippen molar-refractivity contribution in [1.82, 2.24) is 15.5 Å². The second kappa shape index (κ2) is 8.21. The van der Waals surface area contributed by atoms with Gasteiger partial charge >= 0.3 is 5.97 Å². The predicted molar refractivity (Wildman–Crippen MR) is 102 cm³/mol. The lowest BCUT2D eigenvalue weighted by atomic mass is 10.0. The number of thioether (sulfide) groups is 1. The highest BCUT2D eigenvalue weighted by molar-refractivity contribution is 8.00. The van der Waals surface area contributed by atoms with Crippen molar-refractivity contribution in [3.63, 3.8) is 0 Å². The van der Waals surface area contributed by atoms with Gasteiger partial charge in [-0.15, -0.1) is 11.8 Å². The highest BCUT2D eigenvalue weighted by Crippen LogP contribution is 2.41. The summed E-state index contributed by atoms with van der Waals surface area (Å²) in [4.78, 5) is 49.0. The topological polar surface area (TPSA) is 142 Å². The zero-order chi connectivity index (χ0) is 20.4. The third kappa shape index (κ3) is 3.84. The van der Waals surface area contributed by atoms with Crippen molar-refractivity contribution in [3.8, 4) is 0 Å². The Bertz CT molecular complexity index is 862. The van der Waals surface area contributed by atoms with E-state index in [1.165, 1.54) is 16.7 Å². The number of carboxylic acid groups (broad SMARTS) is 1. The number of hydrogen-bond donors (Lipinski definition) is 4. The summed E-state index contributed by atoms with van der Waals surface area (Å²) in [5.41, 5.74) is 6.47. The maximum atomic E-state index is 12.6. The first-order valence-corrected chi connectivity index (χ1v) is 9.68. The van der Waals surface area contributed by atoms with Gasteiger partial charge in [0.2, 0.25) is 5.91 Å². The fourth-order valence-electron chi connectivity index (χ4n) is 2.89. The molecule has 0 saturated carbocycles. The van der Waals surface area contributed by atoms with E-state index in [0.717, 1.165) is 0 Å². The van der Waals surface area contributed by atoms with Crippen LogP contribution in [-0.4, -0.2) is 57.4 Å². The molecule has 0 unspecified atom stereocenters. The molecule has 3 atom stereocenters. The molecule has 2 heterocycles. The van der Waals surface area contributed by atoms with E-state index in [1.54, 1.807) is 30.3 Å². The van der Waals surface area contributed by atoms with Gasteiger partial charge in [-0.1, -0.05) is 41.9 Å². The summed E-state index contributed by atoms with van der Waals surface area (Å²) in [5.74, 6) is -2.74. The summed E-state index contributed by atoms with van der Waals surface area (Å²) < 4.78 is 0. The van der Waals surface area contributed by atoms with Crippen LogP contribution < -0.4 is 16.4 Å². The van der Waals surface area contributed by atoms with E-state index in [9.17, 15) is 19.2 Å². The van der Waals surface area contributed by atoms with Crippen LogP contribution in [0.2, 0.25) is 0 Å². The number of nitrogens with zero attached hydrogens (tertiary/aromatic N) is 1. The summed E-state index contributed by atoms with van der Waals surface area (Å²) in [7, 11) is 0. The molecule has 3 amide bonds. The van der Waals surface area contributed by atoms with Crippen LogP contribution in [0.5, 0.6) is 0 Å². The molecule has 0 bridgehead atoms. The summed E-state index contributed by atoms with van der Waals surface area (Å²) in [6.07, 6.45) is 0. The zero-order valence-electron chi connectivity index (χ0n) is 14.4. The first kappa shape index (κ1) is 20.2. The largest absolute Gasteiger partial charge is 0.480 e. The minimum atomic E-state index is -1.22. The molecule has 2 aliphatic heterocycles. The van der Waals surface area contributed by atoms with Crippen molar-refractivity contribution in [2.24, 2.45) is 5.73 Å². The number of carboxylic acids is 1. The van der Waals surface area contributed by atoms with Gasteiger partial charge in [0.25, 0.3) is 11.8 Å². The number of carbonyl (C=O) groups is 4. The number of rotatable bonds is 6. The molecule has 28 heavy (non-hydrogen) atoms. The Hall–Kier alpha value is -2.56. The van der Waals surface area contributed by atoms with Crippen LogP contribution in [0.3, 0.4) is 0 Å². The molecule has 1 fully saturated rings. The van der Waals surface area contributed by atoms with Crippen molar-refractivity contribution < 1.29 is 24.3 Å². The van der Waals surface area contributed by atoms with Gasteiger partial charge in [0.15, 0.2) is 0 Å². The first-order chi connectivity index (χ1) is 13.3. The molecule has 3 rings (SSSR count). The summed E-state index contributed by atoms with van der Waals surface area (Å²) in [5, 5.41) is 13.1. The van der Waals surface area contributed by atoms with Gasteiger partial charge in [0, 0.05) is 5.75 Å². The number of β-lactam (4-membered cyclic amide) rings is 1. The minimum Gasteiger partial charge on any atom is -0.480 e. The van der Waals surface area contributed by atoms with E-state index < -0.39 is 47.7 Å². The van der Waals surface area contributed by atoms with Gasteiger partial charge in [-0.05, 0) is 5.56 Å². The van der Waals surface area contributed by atoms with Gasteiger partial charge < -0.3 is 21.5 Å². The predicted octanol–water partition coefficient (Wildman–Crippen LogP) is -0.262. The van der Waals surface area contributed by atoms with Gasteiger partial charge in [0.1, 0.15) is 29.7 Å². The van der Waals surface area contributed by atoms with Crippen LogP contribution in [0.25, 0.3) is 0 Å². The number of nitrogens with one attached hydrogen (secondary N) is 2. The van der Waals surface area contributed by atoms with Crippen molar-refractivity contribution in [2.75, 3.05) is 12.3 Å². The zero-order valence-corrected chi connectivity index (χ0v) is 16.0. The number of halogens is 1. The number of fused-ring (bicyclic) bond motifs is 1. The smallest absolute Gasteiger partial charge is 0.322 e. The number of nitrogens with two attached hydrogens (primary N) is 1. The second-order valence-corrected chi connectivity index (χ2v) is 7.68. The monoisotopic (exact) mass is 424 g/mol. The molecular weight excluding hydrogens is 408 g/mol. The fraction of sp³-hybridized carbons (Fsp3) is 0.294. The molecule has 2 aliphatic rings. The SMILES string of the molecule is N[C@@H](C(=O)N[C@@H]1C(=O)N2C(C(=O)NCC(=O)O)=C(Cl)CS[C@H]12)c1ccccc1. The number of aliphatic carboxylic acids is 1. The molecular formula is C17H17ClN4O5S. The van der Waals surface area contributed by atoms with Crippen LogP contribution >= 0.6 is 23.4 Å². The summed E-state index contributed by atoms with van der Waals surface area (Å²) in [6, 6.07) is 6.94. The van der Waals surface area contributed by atoms with Crippen LogP contribution in [0.1, 0.15) is 11.6 Å². The van der Waals surface area contributed by atoms with Gasteiger partial charge in [-0.25, -0.2) is 0 Å². The standard InChI is InChI=1S/C17H17ClN4O5S/c18-9-7-28-17-12(21-14(25)11(19)8-4-2-1-3-5-8)16(27)22(17)13(9)15(26)20-6-10(23)24/h1-5,11-12,17H,6-7,19H2,(H,20,26)(H,21,25)(H,23,24)/t11-,12-,17-/m1/s1. The van der Waals surface area contributed by atoms with E-state index in [-0.39, 0.29) is 16.5 Å². The Morgan fingerprint density at radius 2 is 2.00 bits per heavy atom. The Kier molecular flexibility index (Phi) is 5.92. The Labute approximate surface area is 169 Å². The number of amides is 3. The molecule has 11 heteroatoms. The maximum Gasteiger partial charge on any atom is 0.322 e. The fourth-order valence-corrected chi connectivity index (χ4v) is 4.44. The molecule has 1 saturated heterocycles. The quantitative estimate of drug-likeness (QED) is 0.461. The average Bonchev–Trinajstić information content (AvgIpc) is 2.69. The normalized spacial score (nSPS) is 22.1. The van der Waals surface area contributed by atoms with E-state index in [4.69, 9.17) is 22.4 Å². The average molecular weight is 425 g/mol. The molecule has 0 aliphatic carbocycles. The maximum absolute atomic E-state index is 12.6. The number of carbonyl (C=O) groups excluding carboxylic acids is 3. The molecule has 1 aromatic rings. The van der Waals surface area contributed by atoms with E-state index >= 15 is 0 Å². The van der Waals surface area contributed by atoms with E-state index in [2.05, 4.69) is 10.6 Å². The molecule has 0 spiro atoms. The molecule has 0 radical (unpaired) electrons. The molecule has 148 valence electrons. The third-order valence-electron chi connectivity index (χ3n) is 4.28. The Morgan fingerprint density at radius 1 is 1.32 bits per heavy atom. The molecule has 5 N–H and O–H groups in total. The molecule has 0 aromatic heterocycles. The van der Waals surface area contributed by atoms with Crippen molar-refractivity contribution in [1.29, 1.82) is 0 Å². The lowest BCUT2D eigenvalue weighted by Gasteiger charge is -2.49. The van der Waals surface area contributed by atoms with Crippen molar-refractivity contribution in [2.45, 2.75) is 17.5 Å². The summed E-state index contributed by atoms with van der Waals surface area (Å²) in [6.45, 7) is -0.599. The van der Waals surface area contributed by atoms with Crippen LogP contribution in [0, 0.1) is 0 Å². The highest BCUT2D eigenvalue weighted by Gasteiger charge is 2.54. The van der Waals surface area contributed by atoms with Gasteiger partial charge in [-0.3, -0.25) is 24.1 Å². The number of hydrogen-bond acceptors (Lipinski definition) is 6. The van der Waals surface area contributed by atoms with E-state index in [0.29, 0.717) is 5.56 Å². The van der Waals surface area contributed by atoms with Crippen LogP contribution in [0.15, 0.2) is 41.1 Å². The lowest BCUT2D eigenvalue weighted by Crippen LogP contribution is -2.71. The minimum absolute atomic E-state index is 0.0884. The van der Waals surface area contributed by atoms with Gasteiger partial charge in [-0.2, -0.15) is 0 Å². The van der Waals surface area contributed by atoms with Crippen molar-refractivity contribution >= 4 is 47.1 Å².